The summed E-state index contributed by atoms with van der Waals surface area (Å²) in [7, 11) is -1.69. The average molecular weight is 391 g/mol. The highest BCUT2D eigenvalue weighted by atomic mass is 79.9. The number of anilines is 1. The summed E-state index contributed by atoms with van der Waals surface area (Å²) in [5, 5.41) is 0. The first-order chi connectivity index (χ1) is 10.3. The number of para-hydroxylation sites is 1. The number of amides is 1. The van der Waals surface area contributed by atoms with Crippen LogP contribution in [0.1, 0.15) is 26.2 Å². The number of hydrogen-bond acceptors (Lipinski definition) is 3. The topological polar surface area (TPSA) is 57.7 Å². The number of carbonyl (C=O) groups is 1. The molecule has 1 aromatic rings. The fourth-order valence-electron chi connectivity index (χ4n) is 2.03. The second kappa shape index (κ2) is 8.53. The van der Waals surface area contributed by atoms with Crippen LogP contribution in [0, 0.1) is 0 Å². The van der Waals surface area contributed by atoms with Gasteiger partial charge in [0.1, 0.15) is 0 Å². The second-order valence-electron chi connectivity index (χ2n) is 5.21. The Hall–Kier alpha value is -1.08. The molecule has 0 saturated heterocycles. The highest BCUT2D eigenvalue weighted by Gasteiger charge is 2.21. The Morgan fingerprint density at radius 3 is 2.41 bits per heavy atom. The summed E-state index contributed by atoms with van der Waals surface area (Å²) in [4.78, 5) is 13.7. The van der Waals surface area contributed by atoms with Crippen molar-refractivity contribution >= 4 is 37.5 Å². The Kier molecular flexibility index (Phi) is 7.35. The van der Waals surface area contributed by atoms with Gasteiger partial charge in [0.15, 0.2) is 0 Å². The van der Waals surface area contributed by atoms with Crippen molar-refractivity contribution in [3.63, 3.8) is 0 Å². The molecule has 22 heavy (non-hydrogen) atoms. The van der Waals surface area contributed by atoms with Gasteiger partial charge in [-0.15, -0.1) is 0 Å². The third-order valence-corrected chi connectivity index (χ3v) is 5.17. The monoisotopic (exact) mass is 390 g/mol. The quantitative estimate of drug-likeness (QED) is 0.685. The average Bonchev–Trinajstić information content (AvgIpc) is 2.45. The van der Waals surface area contributed by atoms with Gasteiger partial charge in [-0.05, 0) is 34.5 Å². The molecule has 0 bridgehead atoms. The number of sulfonamides is 1. The Morgan fingerprint density at radius 1 is 1.23 bits per heavy atom. The van der Waals surface area contributed by atoms with Crippen molar-refractivity contribution in [3.05, 3.63) is 28.7 Å². The Balaban J connectivity index is 2.81. The Morgan fingerprint density at radius 2 is 1.86 bits per heavy atom. The van der Waals surface area contributed by atoms with E-state index in [1.54, 1.807) is 30.1 Å². The first-order valence-corrected chi connectivity index (χ1v) is 9.87. The lowest BCUT2D eigenvalue weighted by molar-refractivity contribution is -0.129. The highest BCUT2D eigenvalue weighted by Crippen LogP contribution is 2.27. The molecular weight excluding hydrogens is 368 g/mol. The number of carbonyl (C=O) groups excluding carboxylic acids is 1. The standard InChI is InChI=1S/C15H23BrN2O3S/c1-4-5-11-17(2)15(19)10-12-18(22(3,20)21)14-9-7-6-8-13(14)16/h6-9H,4-5,10-12H2,1-3H3. The van der Waals surface area contributed by atoms with Crippen LogP contribution in [0.2, 0.25) is 0 Å². The van der Waals surface area contributed by atoms with Gasteiger partial charge in [-0.25, -0.2) is 8.42 Å². The summed E-state index contributed by atoms with van der Waals surface area (Å²) in [6, 6.07) is 7.09. The molecule has 0 unspecified atom stereocenters. The van der Waals surface area contributed by atoms with E-state index in [9.17, 15) is 13.2 Å². The van der Waals surface area contributed by atoms with Gasteiger partial charge >= 0.3 is 0 Å². The number of hydrogen-bond donors (Lipinski definition) is 0. The smallest absolute Gasteiger partial charge is 0.232 e. The largest absolute Gasteiger partial charge is 0.346 e. The Labute approximate surface area is 141 Å². The molecule has 0 saturated carbocycles. The summed E-state index contributed by atoms with van der Waals surface area (Å²) in [5.41, 5.74) is 0.550. The van der Waals surface area contributed by atoms with E-state index in [-0.39, 0.29) is 18.9 Å². The molecule has 0 aliphatic heterocycles. The maximum Gasteiger partial charge on any atom is 0.232 e. The number of halogens is 1. The molecule has 0 aliphatic rings. The summed E-state index contributed by atoms with van der Waals surface area (Å²) in [6.07, 6.45) is 3.28. The van der Waals surface area contributed by atoms with Crippen LogP contribution in [-0.4, -0.2) is 45.6 Å². The van der Waals surface area contributed by atoms with Crippen molar-refractivity contribution in [2.45, 2.75) is 26.2 Å². The molecule has 0 radical (unpaired) electrons. The minimum Gasteiger partial charge on any atom is -0.346 e. The van der Waals surface area contributed by atoms with Crippen molar-refractivity contribution < 1.29 is 13.2 Å². The van der Waals surface area contributed by atoms with E-state index >= 15 is 0 Å². The lowest BCUT2D eigenvalue weighted by Gasteiger charge is -2.24. The van der Waals surface area contributed by atoms with Crippen LogP contribution in [0.5, 0.6) is 0 Å². The third kappa shape index (κ3) is 5.61. The van der Waals surface area contributed by atoms with E-state index in [2.05, 4.69) is 22.9 Å². The predicted octanol–water partition coefficient (Wildman–Crippen LogP) is 2.86. The lowest BCUT2D eigenvalue weighted by atomic mass is 10.3. The maximum atomic E-state index is 12.1. The molecular formula is C15H23BrN2O3S. The zero-order valence-corrected chi connectivity index (χ0v) is 15.7. The molecule has 7 heteroatoms. The molecule has 0 atom stereocenters. The van der Waals surface area contributed by atoms with Crippen molar-refractivity contribution in [2.24, 2.45) is 0 Å². The fourth-order valence-corrected chi connectivity index (χ4v) is 3.58. The van der Waals surface area contributed by atoms with Gasteiger partial charge in [-0.2, -0.15) is 0 Å². The van der Waals surface area contributed by atoms with Gasteiger partial charge in [0.25, 0.3) is 0 Å². The zero-order chi connectivity index (χ0) is 16.8. The van der Waals surface area contributed by atoms with Crippen LogP contribution in [0.15, 0.2) is 28.7 Å². The zero-order valence-electron chi connectivity index (χ0n) is 13.3. The van der Waals surface area contributed by atoms with E-state index in [0.29, 0.717) is 16.7 Å². The summed E-state index contributed by atoms with van der Waals surface area (Å²) in [5.74, 6) is -0.0471. The number of unbranched alkanes of at least 4 members (excludes halogenated alkanes) is 1. The van der Waals surface area contributed by atoms with Crippen LogP contribution in [0.25, 0.3) is 0 Å². The normalized spacial score (nSPS) is 11.3. The van der Waals surface area contributed by atoms with Gasteiger partial charge < -0.3 is 4.90 Å². The van der Waals surface area contributed by atoms with Crippen molar-refractivity contribution in [1.29, 1.82) is 0 Å². The minimum atomic E-state index is -3.45. The van der Waals surface area contributed by atoms with Crippen LogP contribution < -0.4 is 4.31 Å². The van der Waals surface area contributed by atoms with Gasteiger partial charge in [0.2, 0.25) is 15.9 Å². The molecule has 0 N–H and O–H groups in total. The first-order valence-electron chi connectivity index (χ1n) is 7.23. The van der Waals surface area contributed by atoms with E-state index < -0.39 is 10.0 Å². The predicted molar refractivity (Wildman–Crippen MR) is 93.5 cm³/mol. The summed E-state index contributed by atoms with van der Waals surface area (Å²) < 4.78 is 26.0. The molecule has 124 valence electrons. The Bertz CT molecular complexity index is 605. The van der Waals surface area contributed by atoms with Crippen molar-refractivity contribution in [3.8, 4) is 0 Å². The van der Waals surface area contributed by atoms with Gasteiger partial charge in [0.05, 0.1) is 11.9 Å². The van der Waals surface area contributed by atoms with E-state index in [4.69, 9.17) is 0 Å². The minimum absolute atomic E-state index is 0.0471. The molecule has 0 heterocycles. The highest BCUT2D eigenvalue weighted by molar-refractivity contribution is 9.10. The second-order valence-corrected chi connectivity index (χ2v) is 7.97. The number of benzene rings is 1. The fraction of sp³-hybridized carbons (Fsp3) is 0.533. The summed E-state index contributed by atoms with van der Waals surface area (Å²) in [6.45, 7) is 2.90. The SMILES string of the molecule is CCCCN(C)C(=O)CCN(c1ccccc1Br)S(C)(=O)=O. The van der Waals surface area contributed by atoms with Crippen LogP contribution in [-0.2, 0) is 14.8 Å². The molecule has 5 nitrogen and oxygen atoms in total. The van der Waals surface area contributed by atoms with Crippen molar-refractivity contribution in [1.82, 2.24) is 4.90 Å². The maximum absolute atomic E-state index is 12.1. The third-order valence-electron chi connectivity index (χ3n) is 3.32. The van der Waals surface area contributed by atoms with Crippen LogP contribution in [0.4, 0.5) is 5.69 Å². The molecule has 0 aromatic heterocycles. The van der Waals surface area contributed by atoms with Crippen LogP contribution in [0.3, 0.4) is 0 Å². The molecule has 1 rings (SSSR count). The lowest BCUT2D eigenvalue weighted by Crippen LogP contribution is -2.35. The number of rotatable bonds is 8. The summed E-state index contributed by atoms with van der Waals surface area (Å²) >= 11 is 3.36. The van der Waals surface area contributed by atoms with E-state index in [1.807, 2.05) is 6.07 Å². The van der Waals surface area contributed by atoms with Gasteiger partial charge in [-0.1, -0.05) is 25.5 Å². The van der Waals surface area contributed by atoms with Gasteiger partial charge in [0, 0.05) is 31.0 Å². The molecule has 0 fully saturated rings. The van der Waals surface area contributed by atoms with Crippen LogP contribution >= 0.6 is 15.9 Å². The molecule has 0 aliphatic carbocycles. The van der Waals surface area contributed by atoms with E-state index in [1.165, 1.54) is 4.31 Å². The first kappa shape index (κ1) is 19.0. The van der Waals surface area contributed by atoms with Crippen molar-refractivity contribution in [2.75, 3.05) is 30.7 Å². The molecule has 1 aromatic carbocycles. The molecule has 1 amide bonds. The number of nitrogens with zero attached hydrogens (tertiary/aromatic N) is 2. The van der Waals surface area contributed by atoms with Gasteiger partial charge in [-0.3, -0.25) is 9.10 Å². The molecule has 0 spiro atoms. The van der Waals surface area contributed by atoms with E-state index in [0.717, 1.165) is 19.1 Å².